The van der Waals surface area contributed by atoms with Crippen molar-refractivity contribution in [3.63, 3.8) is 0 Å². The fourth-order valence-electron chi connectivity index (χ4n) is 1.81. The fourth-order valence-corrected chi connectivity index (χ4v) is 1.81. The van der Waals surface area contributed by atoms with Crippen molar-refractivity contribution in [1.29, 1.82) is 5.26 Å². The molecular weight excluding hydrogens is 258 g/mol. The number of aliphatic carboxylic acids is 1. The maximum Gasteiger partial charge on any atom is 0.346 e. The maximum absolute atomic E-state index is 10.9. The molecule has 1 aromatic carbocycles. The molecule has 0 aliphatic heterocycles. The van der Waals surface area contributed by atoms with Crippen molar-refractivity contribution in [2.75, 3.05) is 14.2 Å². The summed E-state index contributed by atoms with van der Waals surface area (Å²) in [5.74, 6) is 0.0893. The summed E-state index contributed by atoms with van der Waals surface area (Å²) in [6.07, 6.45) is 1.27. The molecule has 5 heteroatoms. The molecule has 1 aromatic rings. The molecule has 106 valence electrons. The largest absolute Gasteiger partial charge is 0.496 e. The van der Waals surface area contributed by atoms with Crippen LogP contribution in [-0.4, -0.2) is 25.3 Å². The molecule has 0 heterocycles. The molecule has 0 saturated heterocycles. The normalized spacial score (nSPS) is 11.1. The predicted octanol–water partition coefficient (Wildman–Crippen LogP) is 2.82. The summed E-state index contributed by atoms with van der Waals surface area (Å²) >= 11 is 0. The van der Waals surface area contributed by atoms with Crippen LogP contribution in [0.2, 0.25) is 0 Å². The van der Waals surface area contributed by atoms with Crippen molar-refractivity contribution in [2.24, 2.45) is 0 Å². The molecule has 0 fully saturated rings. The molecule has 0 bridgehead atoms. The highest BCUT2D eigenvalue weighted by Crippen LogP contribution is 2.34. The minimum absolute atomic E-state index is 0.229. The number of benzene rings is 1. The van der Waals surface area contributed by atoms with Gasteiger partial charge in [0.2, 0.25) is 0 Å². The molecule has 0 aliphatic carbocycles. The third-order valence-corrected chi connectivity index (χ3v) is 2.85. The Labute approximate surface area is 118 Å². The lowest BCUT2D eigenvalue weighted by molar-refractivity contribution is -0.132. The Morgan fingerprint density at radius 3 is 2.30 bits per heavy atom. The summed E-state index contributed by atoms with van der Waals surface area (Å²) in [6.45, 7) is 4.04. The number of carboxylic acids is 1. The van der Waals surface area contributed by atoms with E-state index in [0.29, 0.717) is 17.1 Å². The van der Waals surface area contributed by atoms with E-state index in [0.717, 1.165) is 5.56 Å². The van der Waals surface area contributed by atoms with Gasteiger partial charge in [0.15, 0.2) is 0 Å². The monoisotopic (exact) mass is 275 g/mol. The van der Waals surface area contributed by atoms with Gasteiger partial charge in [-0.3, -0.25) is 0 Å². The number of rotatable bonds is 5. The molecule has 0 aromatic heterocycles. The molecule has 0 saturated carbocycles. The van der Waals surface area contributed by atoms with Crippen molar-refractivity contribution in [1.82, 2.24) is 0 Å². The Morgan fingerprint density at radius 2 is 1.90 bits per heavy atom. The standard InChI is InChI=1S/C15H17NO4/c1-9(2)12-7-13(19-3)10(6-14(12)20-4)5-11(8-16)15(17)18/h5-7,9H,1-4H3,(H,17,18)/b11-5+. The maximum atomic E-state index is 10.9. The summed E-state index contributed by atoms with van der Waals surface area (Å²) in [4.78, 5) is 10.9. The third kappa shape index (κ3) is 3.29. The molecule has 1 N–H and O–H groups in total. The van der Waals surface area contributed by atoms with E-state index < -0.39 is 5.97 Å². The van der Waals surface area contributed by atoms with Crippen LogP contribution in [-0.2, 0) is 4.79 Å². The van der Waals surface area contributed by atoms with Gasteiger partial charge in [0, 0.05) is 11.1 Å². The first-order valence-electron chi connectivity index (χ1n) is 6.05. The highest BCUT2D eigenvalue weighted by Gasteiger charge is 2.14. The minimum atomic E-state index is -1.28. The number of carboxylic acid groups (broad SMARTS) is 1. The lowest BCUT2D eigenvalue weighted by Crippen LogP contribution is -2.00. The Morgan fingerprint density at radius 1 is 1.30 bits per heavy atom. The highest BCUT2D eigenvalue weighted by atomic mass is 16.5. The van der Waals surface area contributed by atoms with E-state index in [1.54, 1.807) is 25.3 Å². The quantitative estimate of drug-likeness (QED) is 0.660. The smallest absolute Gasteiger partial charge is 0.346 e. The van der Waals surface area contributed by atoms with Crippen LogP contribution in [0.5, 0.6) is 11.5 Å². The summed E-state index contributed by atoms with van der Waals surface area (Å²) in [5.41, 5.74) is 1.09. The molecular formula is C15H17NO4. The average molecular weight is 275 g/mol. The molecule has 0 radical (unpaired) electrons. The second-order valence-electron chi connectivity index (χ2n) is 4.47. The number of ether oxygens (including phenoxy) is 2. The Bertz CT molecular complexity index is 582. The van der Waals surface area contributed by atoms with Crippen molar-refractivity contribution >= 4 is 12.0 Å². The Kier molecular flexibility index (Phi) is 5.15. The molecule has 0 aliphatic rings. The van der Waals surface area contributed by atoms with Crippen LogP contribution >= 0.6 is 0 Å². The molecule has 1 rings (SSSR count). The van der Waals surface area contributed by atoms with Gasteiger partial charge >= 0.3 is 5.97 Å². The minimum Gasteiger partial charge on any atom is -0.496 e. The molecule has 0 atom stereocenters. The van der Waals surface area contributed by atoms with E-state index in [2.05, 4.69) is 0 Å². The van der Waals surface area contributed by atoms with E-state index in [1.165, 1.54) is 13.2 Å². The van der Waals surface area contributed by atoms with Gasteiger partial charge in [0.1, 0.15) is 23.1 Å². The third-order valence-electron chi connectivity index (χ3n) is 2.85. The van der Waals surface area contributed by atoms with E-state index in [9.17, 15) is 4.79 Å². The van der Waals surface area contributed by atoms with Gasteiger partial charge in [-0.05, 0) is 24.1 Å². The molecule has 5 nitrogen and oxygen atoms in total. The molecule has 0 spiro atoms. The highest BCUT2D eigenvalue weighted by molar-refractivity contribution is 5.97. The van der Waals surface area contributed by atoms with Crippen LogP contribution in [0, 0.1) is 11.3 Å². The van der Waals surface area contributed by atoms with Gasteiger partial charge in [-0.1, -0.05) is 13.8 Å². The van der Waals surface area contributed by atoms with Crippen LogP contribution in [0.3, 0.4) is 0 Å². The number of hydrogen-bond donors (Lipinski definition) is 1. The average Bonchev–Trinajstić information content (AvgIpc) is 2.43. The zero-order valence-corrected chi connectivity index (χ0v) is 11.9. The molecule has 0 amide bonds. The van der Waals surface area contributed by atoms with Gasteiger partial charge in [-0.15, -0.1) is 0 Å². The van der Waals surface area contributed by atoms with Crippen LogP contribution in [0.25, 0.3) is 6.08 Å². The number of carbonyl (C=O) groups is 1. The topological polar surface area (TPSA) is 79.5 Å². The van der Waals surface area contributed by atoms with Crippen LogP contribution in [0.1, 0.15) is 30.9 Å². The van der Waals surface area contributed by atoms with Crippen molar-refractivity contribution in [3.8, 4) is 17.6 Å². The summed E-state index contributed by atoms with van der Waals surface area (Å²) in [6, 6.07) is 5.11. The lowest BCUT2D eigenvalue weighted by Gasteiger charge is -2.15. The van der Waals surface area contributed by atoms with Crippen molar-refractivity contribution in [2.45, 2.75) is 19.8 Å². The number of nitrogens with zero attached hydrogens (tertiary/aromatic N) is 1. The Hall–Kier alpha value is -2.48. The second-order valence-corrected chi connectivity index (χ2v) is 4.47. The molecule has 0 unspecified atom stereocenters. The van der Waals surface area contributed by atoms with E-state index in [1.807, 2.05) is 13.8 Å². The predicted molar refractivity (Wildman–Crippen MR) is 74.9 cm³/mol. The van der Waals surface area contributed by atoms with E-state index >= 15 is 0 Å². The van der Waals surface area contributed by atoms with Gasteiger partial charge < -0.3 is 14.6 Å². The van der Waals surface area contributed by atoms with Gasteiger partial charge in [0.25, 0.3) is 0 Å². The van der Waals surface area contributed by atoms with Crippen LogP contribution < -0.4 is 9.47 Å². The van der Waals surface area contributed by atoms with E-state index in [4.69, 9.17) is 19.8 Å². The van der Waals surface area contributed by atoms with Gasteiger partial charge in [-0.2, -0.15) is 5.26 Å². The summed E-state index contributed by atoms with van der Waals surface area (Å²) in [5, 5.41) is 17.7. The number of nitriles is 1. The fraction of sp³-hybridized carbons (Fsp3) is 0.333. The first-order valence-corrected chi connectivity index (χ1v) is 6.05. The van der Waals surface area contributed by atoms with E-state index in [-0.39, 0.29) is 11.5 Å². The first kappa shape index (κ1) is 15.6. The zero-order valence-electron chi connectivity index (χ0n) is 11.9. The van der Waals surface area contributed by atoms with Crippen molar-refractivity contribution in [3.05, 3.63) is 28.8 Å². The van der Waals surface area contributed by atoms with Crippen LogP contribution in [0.4, 0.5) is 0 Å². The molecule has 20 heavy (non-hydrogen) atoms. The Balaban J connectivity index is 3.48. The van der Waals surface area contributed by atoms with Crippen LogP contribution in [0.15, 0.2) is 17.7 Å². The lowest BCUT2D eigenvalue weighted by atomic mass is 9.98. The second kappa shape index (κ2) is 6.62. The zero-order chi connectivity index (χ0) is 15.3. The SMILES string of the molecule is COc1cc(C(C)C)c(OC)cc1/C=C(\C#N)C(=O)O. The first-order chi connectivity index (χ1) is 9.44. The van der Waals surface area contributed by atoms with Gasteiger partial charge in [-0.25, -0.2) is 4.79 Å². The summed E-state index contributed by atoms with van der Waals surface area (Å²) < 4.78 is 10.6. The summed E-state index contributed by atoms with van der Waals surface area (Å²) in [7, 11) is 3.04. The van der Waals surface area contributed by atoms with Gasteiger partial charge in [0.05, 0.1) is 14.2 Å². The van der Waals surface area contributed by atoms with Crippen molar-refractivity contribution < 1.29 is 19.4 Å². The number of hydrogen-bond acceptors (Lipinski definition) is 4. The number of methoxy groups -OCH3 is 2.